The van der Waals surface area contributed by atoms with Crippen LogP contribution in [0.5, 0.6) is 0 Å². The molecule has 92 valence electrons. The van der Waals surface area contributed by atoms with Gasteiger partial charge in [0, 0.05) is 12.0 Å². The van der Waals surface area contributed by atoms with Gasteiger partial charge in [-0.1, -0.05) is 55.5 Å². The summed E-state index contributed by atoms with van der Waals surface area (Å²) in [6, 6.07) is 16.4. The quantitative estimate of drug-likeness (QED) is 0.730. The van der Waals surface area contributed by atoms with Gasteiger partial charge in [-0.25, -0.2) is 0 Å². The number of hydrogen-bond donors (Lipinski definition) is 0. The molecule has 1 nitrogen and oxygen atoms in total. The summed E-state index contributed by atoms with van der Waals surface area (Å²) in [6.07, 6.45) is 1.39. The predicted octanol–water partition coefficient (Wildman–Crippen LogP) is 4.18. The average Bonchev–Trinajstić information content (AvgIpc) is 2.39. The summed E-state index contributed by atoms with van der Waals surface area (Å²) in [4.78, 5) is 12.0. The molecule has 0 amide bonds. The van der Waals surface area contributed by atoms with Gasteiger partial charge in [0.2, 0.25) is 0 Å². The van der Waals surface area contributed by atoms with Gasteiger partial charge < -0.3 is 0 Å². The largest absolute Gasteiger partial charge is 0.294 e. The fourth-order valence-corrected chi connectivity index (χ4v) is 2.27. The molecule has 0 fully saturated rings. The van der Waals surface area contributed by atoms with Crippen molar-refractivity contribution in [3.63, 3.8) is 0 Å². The van der Waals surface area contributed by atoms with Crippen LogP contribution < -0.4 is 0 Å². The second kappa shape index (κ2) is 5.63. The van der Waals surface area contributed by atoms with Crippen LogP contribution in [0, 0.1) is 6.92 Å². The standard InChI is InChI=1S/C17H18O/c1-3-16(18)17-13(2)8-7-11-15(17)12-14-9-5-4-6-10-14/h4-11H,3,12H2,1-2H3. The minimum atomic E-state index is 0.235. The molecule has 0 unspecified atom stereocenters. The molecule has 0 aliphatic carbocycles. The first-order valence-electron chi connectivity index (χ1n) is 6.38. The van der Waals surface area contributed by atoms with Crippen LogP contribution in [0.3, 0.4) is 0 Å². The van der Waals surface area contributed by atoms with Crippen LogP contribution in [-0.2, 0) is 6.42 Å². The molecule has 1 heteroatoms. The Morgan fingerprint density at radius 1 is 1.00 bits per heavy atom. The lowest BCUT2D eigenvalue weighted by Crippen LogP contribution is -2.05. The van der Waals surface area contributed by atoms with Crippen LogP contribution in [0.2, 0.25) is 0 Å². The maximum Gasteiger partial charge on any atom is 0.163 e. The lowest BCUT2D eigenvalue weighted by atomic mass is 9.93. The molecule has 0 heterocycles. The number of carbonyl (C=O) groups is 1. The monoisotopic (exact) mass is 238 g/mol. The third-order valence-corrected chi connectivity index (χ3v) is 3.20. The van der Waals surface area contributed by atoms with E-state index in [0.717, 1.165) is 23.1 Å². The molecule has 2 rings (SSSR count). The Morgan fingerprint density at radius 3 is 2.39 bits per heavy atom. The van der Waals surface area contributed by atoms with Gasteiger partial charge in [-0.2, -0.15) is 0 Å². The van der Waals surface area contributed by atoms with Crippen molar-refractivity contribution >= 4 is 5.78 Å². The van der Waals surface area contributed by atoms with Crippen molar-refractivity contribution < 1.29 is 4.79 Å². The Balaban J connectivity index is 2.39. The van der Waals surface area contributed by atoms with Crippen LogP contribution in [0.4, 0.5) is 0 Å². The molecular formula is C17H18O. The fourth-order valence-electron chi connectivity index (χ4n) is 2.27. The number of benzene rings is 2. The first-order valence-corrected chi connectivity index (χ1v) is 6.38. The van der Waals surface area contributed by atoms with E-state index in [2.05, 4.69) is 18.2 Å². The summed E-state index contributed by atoms with van der Waals surface area (Å²) in [7, 11) is 0. The van der Waals surface area contributed by atoms with E-state index in [4.69, 9.17) is 0 Å². The zero-order chi connectivity index (χ0) is 13.0. The molecule has 0 bridgehead atoms. The molecule has 2 aromatic carbocycles. The molecule has 0 atom stereocenters. The molecule has 18 heavy (non-hydrogen) atoms. The molecule has 0 radical (unpaired) electrons. The maximum atomic E-state index is 12.0. The molecule has 0 aliphatic rings. The fraction of sp³-hybridized carbons (Fsp3) is 0.235. The molecule has 2 aromatic rings. The summed E-state index contributed by atoms with van der Waals surface area (Å²) in [6.45, 7) is 3.93. The molecule has 0 spiro atoms. The molecule has 0 aromatic heterocycles. The highest BCUT2D eigenvalue weighted by Crippen LogP contribution is 2.19. The predicted molar refractivity (Wildman–Crippen MR) is 75.0 cm³/mol. The first-order chi connectivity index (χ1) is 8.72. The third-order valence-electron chi connectivity index (χ3n) is 3.20. The minimum Gasteiger partial charge on any atom is -0.294 e. The highest BCUT2D eigenvalue weighted by molar-refractivity contribution is 5.98. The number of Topliss-reactive ketones (excluding diaryl/α,β-unsaturated/α-hetero) is 1. The van der Waals surface area contributed by atoms with E-state index in [-0.39, 0.29) is 5.78 Å². The van der Waals surface area contributed by atoms with Crippen LogP contribution in [0.1, 0.15) is 40.4 Å². The second-order valence-electron chi connectivity index (χ2n) is 4.55. The van der Waals surface area contributed by atoms with E-state index in [1.54, 1.807) is 0 Å². The van der Waals surface area contributed by atoms with Crippen molar-refractivity contribution in [2.45, 2.75) is 26.7 Å². The highest BCUT2D eigenvalue weighted by atomic mass is 16.1. The van der Waals surface area contributed by atoms with E-state index in [0.29, 0.717) is 6.42 Å². The SMILES string of the molecule is CCC(=O)c1c(C)cccc1Cc1ccccc1. The van der Waals surface area contributed by atoms with Crippen molar-refractivity contribution in [3.05, 3.63) is 70.8 Å². The van der Waals surface area contributed by atoms with Crippen molar-refractivity contribution in [3.8, 4) is 0 Å². The van der Waals surface area contributed by atoms with E-state index in [1.165, 1.54) is 5.56 Å². The smallest absolute Gasteiger partial charge is 0.163 e. The van der Waals surface area contributed by atoms with E-state index in [9.17, 15) is 4.79 Å². The molecule has 0 saturated carbocycles. The average molecular weight is 238 g/mol. The molecular weight excluding hydrogens is 220 g/mol. The number of aryl methyl sites for hydroxylation is 1. The lowest BCUT2D eigenvalue weighted by molar-refractivity contribution is 0.0987. The van der Waals surface area contributed by atoms with Gasteiger partial charge in [0.05, 0.1) is 0 Å². The summed E-state index contributed by atoms with van der Waals surface area (Å²) in [5, 5.41) is 0. The van der Waals surface area contributed by atoms with Gasteiger partial charge >= 0.3 is 0 Å². The van der Waals surface area contributed by atoms with Gasteiger partial charge in [-0.3, -0.25) is 4.79 Å². The number of hydrogen-bond acceptors (Lipinski definition) is 1. The summed E-state index contributed by atoms with van der Waals surface area (Å²) in [5.74, 6) is 0.235. The Kier molecular flexibility index (Phi) is 3.93. The van der Waals surface area contributed by atoms with Crippen LogP contribution in [-0.4, -0.2) is 5.78 Å². The van der Waals surface area contributed by atoms with Crippen molar-refractivity contribution in [2.24, 2.45) is 0 Å². The number of ketones is 1. The Labute approximate surface area is 108 Å². The van der Waals surface area contributed by atoms with E-state index < -0.39 is 0 Å². The third kappa shape index (κ3) is 2.67. The van der Waals surface area contributed by atoms with Crippen LogP contribution >= 0.6 is 0 Å². The van der Waals surface area contributed by atoms with Crippen molar-refractivity contribution in [1.29, 1.82) is 0 Å². The second-order valence-corrected chi connectivity index (χ2v) is 4.55. The molecule has 0 saturated heterocycles. The normalized spacial score (nSPS) is 10.3. The van der Waals surface area contributed by atoms with Crippen molar-refractivity contribution in [1.82, 2.24) is 0 Å². The summed E-state index contributed by atoms with van der Waals surface area (Å²) >= 11 is 0. The molecule has 0 N–H and O–H groups in total. The van der Waals surface area contributed by atoms with Crippen LogP contribution in [0.25, 0.3) is 0 Å². The number of rotatable bonds is 4. The topological polar surface area (TPSA) is 17.1 Å². The van der Waals surface area contributed by atoms with E-state index in [1.807, 2.05) is 44.2 Å². The molecule has 0 aliphatic heterocycles. The van der Waals surface area contributed by atoms with Gasteiger partial charge in [-0.15, -0.1) is 0 Å². The van der Waals surface area contributed by atoms with Gasteiger partial charge in [0.15, 0.2) is 5.78 Å². The Bertz CT molecular complexity index is 541. The van der Waals surface area contributed by atoms with Gasteiger partial charge in [0.25, 0.3) is 0 Å². The zero-order valence-corrected chi connectivity index (χ0v) is 10.9. The van der Waals surface area contributed by atoms with Gasteiger partial charge in [0.1, 0.15) is 0 Å². The van der Waals surface area contributed by atoms with Gasteiger partial charge in [-0.05, 0) is 30.0 Å². The Morgan fingerprint density at radius 2 is 1.72 bits per heavy atom. The van der Waals surface area contributed by atoms with Crippen LogP contribution in [0.15, 0.2) is 48.5 Å². The zero-order valence-electron chi connectivity index (χ0n) is 10.9. The van der Waals surface area contributed by atoms with E-state index >= 15 is 0 Å². The first kappa shape index (κ1) is 12.6. The van der Waals surface area contributed by atoms with Crippen molar-refractivity contribution in [2.75, 3.05) is 0 Å². The lowest BCUT2D eigenvalue weighted by Gasteiger charge is -2.11. The maximum absolute atomic E-state index is 12.0. The number of carbonyl (C=O) groups excluding carboxylic acids is 1. The summed E-state index contributed by atoms with van der Waals surface area (Å²) in [5.41, 5.74) is 4.36. The highest BCUT2D eigenvalue weighted by Gasteiger charge is 2.12. The Hall–Kier alpha value is -1.89. The minimum absolute atomic E-state index is 0.235. The summed E-state index contributed by atoms with van der Waals surface area (Å²) < 4.78 is 0.